The number of hydrogen-bond donors (Lipinski definition) is 1. The molecule has 9 nitrogen and oxygen atoms in total. The molecule has 1 N–H and O–H groups in total. The number of carbonyl (C=O) groups is 2. The van der Waals surface area contributed by atoms with Crippen LogP contribution in [0.4, 0.5) is 4.79 Å². The lowest BCUT2D eigenvalue weighted by atomic mass is 9.87. The van der Waals surface area contributed by atoms with E-state index in [-0.39, 0.29) is 20.0 Å². The third-order valence-corrected chi connectivity index (χ3v) is 7.37. The Hall–Kier alpha value is -2.66. The van der Waals surface area contributed by atoms with Crippen LogP contribution >= 0.6 is 23.4 Å². The molecule has 2 aromatic rings. The van der Waals surface area contributed by atoms with Crippen molar-refractivity contribution >= 4 is 35.4 Å². The molecule has 2 aromatic carbocycles. The van der Waals surface area contributed by atoms with Crippen LogP contribution in [-0.4, -0.2) is 64.5 Å². The first-order valence-electron chi connectivity index (χ1n) is 13.9. The van der Waals surface area contributed by atoms with E-state index < -0.39 is 17.6 Å². The van der Waals surface area contributed by atoms with Crippen molar-refractivity contribution in [3.63, 3.8) is 0 Å². The molecule has 0 aliphatic rings. The van der Waals surface area contributed by atoms with Crippen molar-refractivity contribution in [2.45, 2.75) is 68.7 Å². The van der Waals surface area contributed by atoms with Crippen LogP contribution < -0.4 is 14.8 Å². The van der Waals surface area contributed by atoms with Gasteiger partial charge in [-0.25, -0.2) is 9.59 Å². The molecular formula is C30H42ClNO8S. The van der Waals surface area contributed by atoms with Crippen LogP contribution in [-0.2, 0) is 30.2 Å². The topological polar surface area (TPSA) is 102 Å². The monoisotopic (exact) mass is 611 g/mol. The van der Waals surface area contributed by atoms with Gasteiger partial charge in [0.2, 0.25) is 0 Å². The molecule has 0 heterocycles. The van der Waals surface area contributed by atoms with Gasteiger partial charge >= 0.3 is 12.1 Å². The zero-order chi connectivity index (χ0) is 30.1. The van der Waals surface area contributed by atoms with Crippen LogP contribution in [0.3, 0.4) is 0 Å². The number of rotatable bonds is 19. The van der Waals surface area contributed by atoms with E-state index >= 15 is 0 Å². The summed E-state index contributed by atoms with van der Waals surface area (Å²) in [5.74, 6) is 0.900. The second kappa shape index (κ2) is 18.7. The fourth-order valence-electron chi connectivity index (χ4n) is 4.08. The molecular weight excluding hydrogens is 570 g/mol. The second-order valence-electron chi connectivity index (χ2n) is 8.96. The fraction of sp³-hybridized carbons (Fsp3) is 0.533. The molecule has 0 aliphatic carbocycles. The number of halogens is 1. The van der Waals surface area contributed by atoms with Crippen molar-refractivity contribution in [3.05, 3.63) is 47.0 Å². The van der Waals surface area contributed by atoms with E-state index in [2.05, 4.69) is 5.32 Å². The van der Waals surface area contributed by atoms with Crippen molar-refractivity contribution in [1.82, 2.24) is 5.32 Å². The van der Waals surface area contributed by atoms with Crippen LogP contribution in [0.2, 0.25) is 5.02 Å². The SMILES string of the molecule is CCC[C@](CCc1ccc(Sc2cc(OCC)ccc2OCOCCOC)cc1Cl)(NC(=O)OCC)C(=O)OCC. The van der Waals surface area contributed by atoms with Crippen LogP contribution in [0.25, 0.3) is 0 Å². The molecule has 228 valence electrons. The number of carbonyl (C=O) groups excluding carboxylic acids is 2. The lowest BCUT2D eigenvalue weighted by Gasteiger charge is -2.32. The van der Waals surface area contributed by atoms with Gasteiger partial charge in [-0.3, -0.25) is 0 Å². The summed E-state index contributed by atoms with van der Waals surface area (Å²) in [6.07, 6.45) is 1.18. The number of aryl methyl sites for hydroxylation is 1. The van der Waals surface area contributed by atoms with Crippen molar-refractivity contribution in [1.29, 1.82) is 0 Å². The Balaban J connectivity index is 2.22. The first-order valence-corrected chi connectivity index (χ1v) is 15.1. The van der Waals surface area contributed by atoms with Gasteiger partial charge in [-0.05, 0) is 75.9 Å². The minimum absolute atomic E-state index is 0.0877. The molecule has 0 aliphatic heterocycles. The molecule has 0 spiro atoms. The largest absolute Gasteiger partial charge is 0.494 e. The van der Waals surface area contributed by atoms with Gasteiger partial charge in [0.05, 0.1) is 37.9 Å². The predicted molar refractivity (Wildman–Crippen MR) is 159 cm³/mol. The average Bonchev–Trinajstić information content (AvgIpc) is 2.94. The maximum Gasteiger partial charge on any atom is 0.408 e. The van der Waals surface area contributed by atoms with E-state index in [0.29, 0.717) is 56.3 Å². The highest BCUT2D eigenvalue weighted by atomic mass is 35.5. The van der Waals surface area contributed by atoms with Crippen molar-refractivity contribution in [2.75, 3.05) is 46.9 Å². The summed E-state index contributed by atoms with van der Waals surface area (Å²) in [7, 11) is 1.62. The normalized spacial score (nSPS) is 12.3. The molecule has 0 saturated heterocycles. The maximum atomic E-state index is 13.0. The minimum atomic E-state index is -1.22. The highest BCUT2D eigenvalue weighted by Crippen LogP contribution is 2.39. The zero-order valence-electron chi connectivity index (χ0n) is 24.6. The molecule has 0 fully saturated rings. The van der Waals surface area contributed by atoms with Crippen LogP contribution in [0, 0.1) is 0 Å². The lowest BCUT2D eigenvalue weighted by Crippen LogP contribution is -2.55. The van der Waals surface area contributed by atoms with Crippen LogP contribution in [0.15, 0.2) is 46.2 Å². The molecule has 0 radical (unpaired) electrons. The van der Waals surface area contributed by atoms with E-state index in [4.69, 9.17) is 40.0 Å². The van der Waals surface area contributed by atoms with Crippen molar-refractivity contribution in [3.8, 4) is 11.5 Å². The highest BCUT2D eigenvalue weighted by molar-refractivity contribution is 7.99. The van der Waals surface area contributed by atoms with Crippen molar-refractivity contribution < 1.29 is 38.0 Å². The molecule has 1 atom stereocenters. The number of alkyl carbamates (subject to hydrolysis) is 1. The summed E-state index contributed by atoms with van der Waals surface area (Å²) in [5, 5.41) is 3.32. The molecule has 0 unspecified atom stereocenters. The van der Waals surface area contributed by atoms with E-state index in [1.54, 1.807) is 21.0 Å². The molecule has 2 rings (SSSR count). The van der Waals surface area contributed by atoms with Gasteiger partial charge in [0, 0.05) is 17.0 Å². The van der Waals surface area contributed by atoms with Gasteiger partial charge in [-0.15, -0.1) is 0 Å². The number of esters is 1. The molecule has 1 amide bonds. The predicted octanol–water partition coefficient (Wildman–Crippen LogP) is 6.67. The Labute approximate surface area is 252 Å². The number of benzene rings is 2. The fourth-order valence-corrected chi connectivity index (χ4v) is 5.39. The Morgan fingerprint density at radius 3 is 2.37 bits per heavy atom. The van der Waals surface area contributed by atoms with Gasteiger partial charge in [0.1, 0.15) is 17.0 Å². The summed E-state index contributed by atoms with van der Waals surface area (Å²) in [6.45, 7) is 9.27. The van der Waals surface area contributed by atoms with Crippen LogP contribution in [0.1, 0.15) is 52.5 Å². The summed E-state index contributed by atoms with van der Waals surface area (Å²) < 4.78 is 32.4. The minimum Gasteiger partial charge on any atom is -0.494 e. The molecule has 0 bridgehead atoms. The molecule has 11 heteroatoms. The van der Waals surface area contributed by atoms with Crippen molar-refractivity contribution in [2.24, 2.45) is 0 Å². The Morgan fingerprint density at radius 2 is 1.71 bits per heavy atom. The first kappa shape index (κ1) is 34.5. The summed E-state index contributed by atoms with van der Waals surface area (Å²) in [6, 6.07) is 11.4. The standard InChI is InChI=1S/C30H42ClNO8S/c1-6-15-30(28(33)38-8-3,32-29(34)39-9-4)16-14-22-10-12-24(20-25(22)31)41-27-19-23(37-7-2)11-13-26(27)40-21-36-18-17-35-5/h10-13,19-20H,6-9,14-18,21H2,1-5H3,(H,32,34)/t30-/m1/s1. The van der Waals surface area contributed by atoms with E-state index in [1.807, 2.05) is 50.2 Å². The summed E-state index contributed by atoms with van der Waals surface area (Å²) in [4.78, 5) is 27.1. The van der Waals surface area contributed by atoms with Crippen LogP contribution in [0.5, 0.6) is 11.5 Å². The highest BCUT2D eigenvalue weighted by Gasteiger charge is 2.41. The van der Waals surface area contributed by atoms with Gasteiger partial charge in [0.15, 0.2) is 6.79 Å². The number of methoxy groups -OCH3 is 1. The summed E-state index contributed by atoms with van der Waals surface area (Å²) in [5.41, 5.74) is -0.372. The average molecular weight is 612 g/mol. The molecule has 41 heavy (non-hydrogen) atoms. The molecule has 0 aromatic heterocycles. The Morgan fingerprint density at radius 1 is 0.927 bits per heavy atom. The number of hydrogen-bond acceptors (Lipinski definition) is 9. The quantitative estimate of drug-likeness (QED) is 0.106. The van der Waals surface area contributed by atoms with E-state index in [0.717, 1.165) is 21.1 Å². The third kappa shape index (κ3) is 11.3. The van der Waals surface area contributed by atoms with Gasteiger partial charge in [-0.2, -0.15) is 0 Å². The summed E-state index contributed by atoms with van der Waals surface area (Å²) >= 11 is 8.21. The first-order chi connectivity index (χ1) is 19.8. The lowest BCUT2D eigenvalue weighted by molar-refractivity contribution is -0.151. The third-order valence-electron chi connectivity index (χ3n) is 5.99. The second-order valence-corrected chi connectivity index (χ2v) is 10.5. The van der Waals surface area contributed by atoms with Gasteiger partial charge in [-0.1, -0.05) is 42.8 Å². The number of nitrogens with one attached hydrogen (secondary N) is 1. The van der Waals surface area contributed by atoms with E-state index in [1.165, 1.54) is 11.8 Å². The Bertz CT molecular complexity index is 1100. The number of ether oxygens (including phenoxy) is 6. The molecule has 0 saturated carbocycles. The van der Waals surface area contributed by atoms with Gasteiger partial charge in [0.25, 0.3) is 0 Å². The Kier molecular flexibility index (Phi) is 15.8. The smallest absolute Gasteiger partial charge is 0.408 e. The maximum absolute atomic E-state index is 13.0. The van der Waals surface area contributed by atoms with Gasteiger partial charge < -0.3 is 33.7 Å². The number of amides is 1. The zero-order valence-corrected chi connectivity index (χ0v) is 26.2. The van der Waals surface area contributed by atoms with E-state index in [9.17, 15) is 9.59 Å².